The van der Waals surface area contributed by atoms with Crippen LogP contribution in [0.4, 0.5) is 4.39 Å². The summed E-state index contributed by atoms with van der Waals surface area (Å²) in [4.78, 5) is -0.387. The molecule has 0 aliphatic carbocycles. The summed E-state index contributed by atoms with van der Waals surface area (Å²) in [5.41, 5.74) is 0.340. The summed E-state index contributed by atoms with van der Waals surface area (Å²) in [6.45, 7) is 3.94. The Morgan fingerprint density at radius 2 is 1.95 bits per heavy atom. The highest BCUT2D eigenvalue weighted by atomic mass is 32.2. The number of hydrogen-bond donors (Lipinski definition) is 2. The van der Waals surface area contributed by atoms with Gasteiger partial charge in [0.2, 0.25) is 10.0 Å². The van der Waals surface area contributed by atoms with Crippen LogP contribution < -0.4 is 4.72 Å². The minimum Gasteiger partial charge on any atom is -0.392 e. The van der Waals surface area contributed by atoms with Gasteiger partial charge in [-0.2, -0.15) is 11.8 Å². The zero-order valence-electron chi connectivity index (χ0n) is 12.5. The van der Waals surface area contributed by atoms with E-state index in [1.54, 1.807) is 11.8 Å². The SMILES string of the molecule is CCC(CC)(CNS(=O)(=O)c1ccc(CO)cc1F)SC. The first kappa shape index (κ1) is 18.4. The second-order valence-corrected chi connectivity index (χ2v) is 7.85. The van der Waals surface area contributed by atoms with Crippen LogP contribution >= 0.6 is 11.8 Å². The predicted molar refractivity (Wildman–Crippen MR) is 84.3 cm³/mol. The smallest absolute Gasteiger partial charge is 0.243 e. The average molecular weight is 335 g/mol. The van der Waals surface area contributed by atoms with Crippen molar-refractivity contribution in [2.24, 2.45) is 0 Å². The van der Waals surface area contributed by atoms with Gasteiger partial charge < -0.3 is 5.11 Å². The van der Waals surface area contributed by atoms with E-state index in [-0.39, 0.29) is 22.8 Å². The van der Waals surface area contributed by atoms with Crippen molar-refractivity contribution < 1.29 is 17.9 Å². The molecule has 0 fully saturated rings. The molecule has 0 amide bonds. The van der Waals surface area contributed by atoms with Gasteiger partial charge in [0.25, 0.3) is 0 Å². The molecule has 1 rings (SSSR count). The highest BCUT2D eigenvalue weighted by molar-refractivity contribution is 8.00. The molecule has 0 radical (unpaired) electrons. The lowest BCUT2D eigenvalue weighted by Crippen LogP contribution is -2.39. The molecule has 0 unspecified atom stereocenters. The summed E-state index contributed by atoms with van der Waals surface area (Å²) in [6.07, 6.45) is 3.58. The molecular formula is C14H22FNO3S2. The third kappa shape index (κ3) is 4.42. The van der Waals surface area contributed by atoms with Gasteiger partial charge >= 0.3 is 0 Å². The Morgan fingerprint density at radius 3 is 2.38 bits per heavy atom. The second-order valence-electron chi connectivity index (χ2n) is 4.84. The van der Waals surface area contributed by atoms with E-state index in [1.807, 2.05) is 20.1 Å². The predicted octanol–water partition coefficient (Wildman–Crippen LogP) is 2.52. The summed E-state index contributed by atoms with van der Waals surface area (Å²) in [7, 11) is -3.90. The second kappa shape index (κ2) is 7.58. The lowest BCUT2D eigenvalue weighted by atomic mass is 10.0. The van der Waals surface area contributed by atoms with Crippen molar-refractivity contribution in [2.45, 2.75) is 42.9 Å². The van der Waals surface area contributed by atoms with Gasteiger partial charge in [0.1, 0.15) is 10.7 Å². The van der Waals surface area contributed by atoms with Gasteiger partial charge in [-0.1, -0.05) is 19.9 Å². The van der Waals surface area contributed by atoms with E-state index in [9.17, 15) is 12.8 Å². The number of halogens is 1. The molecule has 0 saturated heterocycles. The Morgan fingerprint density at radius 1 is 1.33 bits per heavy atom. The number of thioether (sulfide) groups is 1. The van der Waals surface area contributed by atoms with E-state index < -0.39 is 15.8 Å². The molecule has 0 aromatic heterocycles. The molecule has 0 aliphatic rings. The van der Waals surface area contributed by atoms with Crippen molar-refractivity contribution in [3.8, 4) is 0 Å². The van der Waals surface area contributed by atoms with Crippen LogP contribution in [0.3, 0.4) is 0 Å². The highest BCUT2D eigenvalue weighted by Gasteiger charge is 2.28. The van der Waals surface area contributed by atoms with Crippen LogP contribution in [-0.4, -0.2) is 31.1 Å². The third-order valence-corrected chi connectivity index (χ3v) is 6.80. The van der Waals surface area contributed by atoms with E-state index in [0.29, 0.717) is 5.56 Å². The van der Waals surface area contributed by atoms with Gasteiger partial charge in [0.15, 0.2) is 0 Å². The van der Waals surface area contributed by atoms with Gasteiger partial charge in [-0.25, -0.2) is 17.5 Å². The zero-order chi connectivity index (χ0) is 16.1. The first-order valence-corrected chi connectivity index (χ1v) is 9.49. The Balaban J connectivity index is 2.97. The lowest BCUT2D eigenvalue weighted by molar-refractivity contribution is 0.281. The Hall–Kier alpha value is -0.630. The van der Waals surface area contributed by atoms with Crippen molar-refractivity contribution in [1.29, 1.82) is 0 Å². The topological polar surface area (TPSA) is 66.4 Å². The van der Waals surface area contributed by atoms with Gasteiger partial charge in [0, 0.05) is 11.3 Å². The quantitative estimate of drug-likeness (QED) is 0.766. The molecule has 0 saturated carbocycles. The van der Waals surface area contributed by atoms with E-state index in [1.165, 1.54) is 12.1 Å². The van der Waals surface area contributed by atoms with Crippen LogP contribution in [0.15, 0.2) is 23.1 Å². The fraction of sp³-hybridized carbons (Fsp3) is 0.571. The highest BCUT2D eigenvalue weighted by Crippen LogP contribution is 2.30. The van der Waals surface area contributed by atoms with Crippen molar-refractivity contribution in [3.05, 3.63) is 29.6 Å². The monoisotopic (exact) mass is 335 g/mol. The van der Waals surface area contributed by atoms with Crippen LogP contribution in [0.1, 0.15) is 32.3 Å². The molecule has 2 N–H and O–H groups in total. The number of aliphatic hydroxyl groups is 1. The largest absolute Gasteiger partial charge is 0.392 e. The Bertz CT molecular complexity index is 563. The molecule has 1 aromatic carbocycles. The van der Waals surface area contributed by atoms with Crippen LogP contribution in [-0.2, 0) is 16.6 Å². The maximum Gasteiger partial charge on any atom is 0.243 e. The summed E-state index contributed by atoms with van der Waals surface area (Å²) in [6, 6.07) is 3.62. The minimum atomic E-state index is -3.90. The number of hydrogen-bond acceptors (Lipinski definition) is 4. The molecule has 21 heavy (non-hydrogen) atoms. The van der Waals surface area contributed by atoms with E-state index in [2.05, 4.69) is 4.72 Å². The molecule has 4 nitrogen and oxygen atoms in total. The van der Waals surface area contributed by atoms with Crippen molar-refractivity contribution in [2.75, 3.05) is 12.8 Å². The lowest BCUT2D eigenvalue weighted by Gasteiger charge is -2.29. The third-order valence-electron chi connectivity index (χ3n) is 3.77. The molecule has 0 heterocycles. The van der Waals surface area contributed by atoms with Crippen molar-refractivity contribution >= 4 is 21.8 Å². The normalized spacial score (nSPS) is 12.6. The number of benzene rings is 1. The standard InChI is InChI=1S/C14H22FNO3S2/c1-4-14(5-2,20-3)10-16-21(18,19)13-7-6-11(9-17)8-12(13)15/h6-8,16-17H,4-5,9-10H2,1-3H3. The summed E-state index contributed by atoms with van der Waals surface area (Å²) in [5, 5.41) is 8.93. The fourth-order valence-electron chi connectivity index (χ4n) is 2.03. The molecule has 0 bridgehead atoms. The Labute approximate surface area is 130 Å². The summed E-state index contributed by atoms with van der Waals surface area (Å²) < 4.78 is 40.6. The molecular weight excluding hydrogens is 313 g/mol. The first-order valence-electron chi connectivity index (χ1n) is 6.78. The van der Waals surface area contributed by atoms with Gasteiger partial charge in [-0.05, 0) is 36.8 Å². The number of rotatable bonds is 8. The maximum absolute atomic E-state index is 13.9. The van der Waals surface area contributed by atoms with Crippen LogP contribution in [0.5, 0.6) is 0 Å². The van der Waals surface area contributed by atoms with Crippen LogP contribution in [0, 0.1) is 5.82 Å². The Kier molecular flexibility index (Phi) is 6.65. The number of nitrogens with one attached hydrogen (secondary N) is 1. The van der Waals surface area contributed by atoms with Crippen LogP contribution in [0.2, 0.25) is 0 Å². The molecule has 0 aliphatic heterocycles. The molecule has 0 spiro atoms. The molecule has 0 atom stereocenters. The van der Waals surface area contributed by atoms with Crippen LogP contribution in [0.25, 0.3) is 0 Å². The van der Waals surface area contributed by atoms with Gasteiger partial charge in [0.05, 0.1) is 6.61 Å². The van der Waals surface area contributed by atoms with Gasteiger partial charge in [-0.3, -0.25) is 0 Å². The average Bonchev–Trinajstić information content (AvgIpc) is 2.48. The number of aliphatic hydroxyl groups excluding tert-OH is 1. The number of sulfonamides is 1. The van der Waals surface area contributed by atoms with E-state index in [4.69, 9.17) is 5.11 Å². The maximum atomic E-state index is 13.9. The molecule has 1 aromatic rings. The van der Waals surface area contributed by atoms with Crippen molar-refractivity contribution in [1.82, 2.24) is 4.72 Å². The minimum absolute atomic E-state index is 0.186. The van der Waals surface area contributed by atoms with E-state index >= 15 is 0 Å². The summed E-state index contributed by atoms with van der Waals surface area (Å²) >= 11 is 1.61. The first-order chi connectivity index (χ1) is 9.84. The van der Waals surface area contributed by atoms with Gasteiger partial charge in [-0.15, -0.1) is 0 Å². The molecule has 7 heteroatoms. The van der Waals surface area contributed by atoms with E-state index in [0.717, 1.165) is 18.9 Å². The summed E-state index contributed by atoms with van der Waals surface area (Å²) in [5.74, 6) is -0.850. The van der Waals surface area contributed by atoms with Crippen molar-refractivity contribution in [3.63, 3.8) is 0 Å². The fourth-order valence-corrected chi connectivity index (χ4v) is 4.10. The molecule has 120 valence electrons. The zero-order valence-corrected chi connectivity index (χ0v) is 14.2.